The number of aromatic nitrogens is 2. The van der Waals surface area contributed by atoms with Crippen molar-refractivity contribution in [3.05, 3.63) is 65.1 Å². The summed E-state index contributed by atoms with van der Waals surface area (Å²) in [6.45, 7) is 1.40. The number of H-pyrrole nitrogens is 1. The van der Waals surface area contributed by atoms with Crippen molar-refractivity contribution in [3.63, 3.8) is 0 Å². The number of aromatic amines is 1. The molecule has 7 nitrogen and oxygen atoms in total. The molecule has 0 saturated carbocycles. The number of rotatable bonds is 3. The van der Waals surface area contributed by atoms with Gasteiger partial charge in [0.25, 0.3) is 17.6 Å². The Labute approximate surface area is 165 Å². The van der Waals surface area contributed by atoms with Crippen molar-refractivity contribution in [2.24, 2.45) is 0 Å². The van der Waals surface area contributed by atoms with Gasteiger partial charge in [0, 0.05) is 49.5 Å². The quantitative estimate of drug-likeness (QED) is 0.418. The second kappa shape index (κ2) is 7.44. The number of nitrogens with zero attached hydrogens (tertiary/aromatic N) is 3. The van der Waals surface area contributed by atoms with Gasteiger partial charge < -0.3 is 14.8 Å². The molecular weight excluding hydrogens is 380 g/mol. The Hall–Kier alpha value is -3.19. The number of amides is 2. The number of pyridine rings is 1. The lowest BCUT2D eigenvalue weighted by atomic mass is 10.1. The molecule has 0 unspecified atom stereocenters. The van der Waals surface area contributed by atoms with Gasteiger partial charge in [-0.1, -0.05) is 29.8 Å². The van der Waals surface area contributed by atoms with Crippen molar-refractivity contribution in [3.8, 4) is 0 Å². The molecule has 28 heavy (non-hydrogen) atoms. The molecule has 0 aliphatic carbocycles. The van der Waals surface area contributed by atoms with Crippen LogP contribution in [0.3, 0.4) is 0 Å². The summed E-state index contributed by atoms with van der Waals surface area (Å²) >= 11 is 6.01. The first-order valence-corrected chi connectivity index (χ1v) is 9.23. The Morgan fingerprint density at radius 2 is 1.64 bits per heavy atom. The molecular formula is C20H17ClN4O3. The van der Waals surface area contributed by atoms with E-state index in [1.165, 1.54) is 17.3 Å². The van der Waals surface area contributed by atoms with Crippen LogP contribution in [0.15, 0.2) is 48.8 Å². The number of fused-ring (bicyclic) bond motifs is 1. The number of piperazine rings is 1. The minimum atomic E-state index is -0.601. The summed E-state index contributed by atoms with van der Waals surface area (Å²) in [5, 5.41) is 0.813. The van der Waals surface area contributed by atoms with E-state index < -0.39 is 11.7 Å². The zero-order chi connectivity index (χ0) is 19.7. The van der Waals surface area contributed by atoms with Crippen LogP contribution in [0.25, 0.3) is 10.9 Å². The number of hydrogen-bond donors (Lipinski definition) is 1. The van der Waals surface area contributed by atoms with Gasteiger partial charge >= 0.3 is 0 Å². The monoisotopic (exact) mass is 396 g/mol. The third-order valence-corrected chi connectivity index (χ3v) is 5.16. The minimum absolute atomic E-state index is 0.0715. The average molecular weight is 397 g/mol. The summed E-state index contributed by atoms with van der Waals surface area (Å²) in [5.41, 5.74) is 1.41. The highest BCUT2D eigenvalue weighted by atomic mass is 35.5. The highest BCUT2D eigenvalue weighted by molar-refractivity contribution is 6.45. The second-order valence-electron chi connectivity index (χ2n) is 6.51. The number of carbonyl (C=O) groups is 3. The van der Waals surface area contributed by atoms with E-state index >= 15 is 0 Å². The predicted molar refractivity (Wildman–Crippen MR) is 104 cm³/mol. The maximum Gasteiger partial charge on any atom is 0.295 e. The third kappa shape index (κ3) is 3.25. The van der Waals surface area contributed by atoms with Crippen LogP contribution in [0.1, 0.15) is 20.7 Å². The number of carbonyl (C=O) groups excluding carboxylic acids is 3. The van der Waals surface area contributed by atoms with E-state index in [2.05, 4.69) is 9.97 Å². The Kier molecular flexibility index (Phi) is 4.83. The molecule has 0 radical (unpaired) electrons. The summed E-state index contributed by atoms with van der Waals surface area (Å²) < 4.78 is 0. The Balaban J connectivity index is 1.44. The lowest BCUT2D eigenvalue weighted by molar-refractivity contribution is -0.127. The normalized spacial score (nSPS) is 14.3. The number of halogens is 1. The molecule has 3 aromatic rings. The van der Waals surface area contributed by atoms with E-state index in [0.29, 0.717) is 42.6 Å². The van der Waals surface area contributed by atoms with Gasteiger partial charge in [0.15, 0.2) is 5.15 Å². The van der Waals surface area contributed by atoms with E-state index in [1.807, 2.05) is 18.2 Å². The first kappa shape index (κ1) is 18.2. The van der Waals surface area contributed by atoms with Gasteiger partial charge in [0.05, 0.1) is 11.1 Å². The van der Waals surface area contributed by atoms with E-state index in [0.717, 1.165) is 0 Å². The van der Waals surface area contributed by atoms with Crippen molar-refractivity contribution in [2.75, 3.05) is 26.2 Å². The molecule has 1 fully saturated rings. The molecule has 4 rings (SSSR count). The summed E-state index contributed by atoms with van der Waals surface area (Å²) in [6.07, 6.45) is 2.97. The lowest BCUT2D eigenvalue weighted by Gasteiger charge is -2.34. The van der Waals surface area contributed by atoms with Crippen LogP contribution < -0.4 is 0 Å². The van der Waals surface area contributed by atoms with E-state index in [1.54, 1.807) is 23.1 Å². The molecule has 1 saturated heterocycles. The zero-order valence-corrected chi connectivity index (χ0v) is 15.6. The molecule has 2 aromatic heterocycles. The van der Waals surface area contributed by atoms with Crippen molar-refractivity contribution < 1.29 is 14.4 Å². The summed E-state index contributed by atoms with van der Waals surface area (Å²) in [4.78, 5) is 47.9. The maximum absolute atomic E-state index is 12.7. The smallest absolute Gasteiger partial charge is 0.295 e. The topological polar surface area (TPSA) is 86.4 Å². The van der Waals surface area contributed by atoms with Crippen molar-refractivity contribution in [1.82, 2.24) is 19.8 Å². The van der Waals surface area contributed by atoms with Gasteiger partial charge in [-0.2, -0.15) is 0 Å². The fraction of sp³-hybridized carbons (Fsp3) is 0.200. The lowest BCUT2D eigenvalue weighted by Crippen LogP contribution is -2.52. The van der Waals surface area contributed by atoms with Gasteiger partial charge in [-0.3, -0.25) is 14.4 Å². The number of benzene rings is 1. The summed E-state index contributed by atoms with van der Waals surface area (Å²) in [7, 11) is 0. The maximum atomic E-state index is 12.7. The second-order valence-corrected chi connectivity index (χ2v) is 6.86. The molecule has 1 aliphatic heterocycles. The highest BCUT2D eigenvalue weighted by Crippen LogP contribution is 2.24. The molecule has 0 atom stereocenters. The number of Topliss-reactive ketones (excluding diaryl/α,β-unsaturated/α-hetero) is 1. The van der Waals surface area contributed by atoms with Crippen LogP contribution in [0, 0.1) is 0 Å². The molecule has 0 spiro atoms. The summed E-state index contributed by atoms with van der Waals surface area (Å²) in [6, 6.07) is 10.7. The fourth-order valence-electron chi connectivity index (χ4n) is 3.34. The van der Waals surface area contributed by atoms with E-state index in [9.17, 15) is 14.4 Å². The van der Waals surface area contributed by atoms with Gasteiger partial charge in [-0.15, -0.1) is 0 Å². The van der Waals surface area contributed by atoms with Crippen LogP contribution in [0.4, 0.5) is 0 Å². The van der Waals surface area contributed by atoms with Crippen LogP contribution in [-0.4, -0.2) is 63.5 Å². The SMILES string of the molecule is O=C(C(=O)N1CCN(C(=O)c2ccccc2)CC1)c1c[nH]c2c(Cl)nccc12. The van der Waals surface area contributed by atoms with Crippen molar-refractivity contribution in [2.45, 2.75) is 0 Å². The number of ketones is 1. The standard InChI is InChI=1S/C20H17ClN4O3/c21-18-16-14(6-7-22-18)15(12-23-16)17(26)20(28)25-10-8-24(9-11-25)19(27)13-4-2-1-3-5-13/h1-7,12,23H,8-11H2. The van der Waals surface area contributed by atoms with Crippen molar-refractivity contribution in [1.29, 1.82) is 0 Å². The first-order valence-electron chi connectivity index (χ1n) is 8.86. The first-order chi connectivity index (χ1) is 13.6. The van der Waals surface area contributed by atoms with Crippen molar-refractivity contribution >= 4 is 40.1 Å². The van der Waals surface area contributed by atoms with E-state index in [-0.39, 0.29) is 16.6 Å². The summed E-state index contributed by atoms with van der Waals surface area (Å²) in [5.74, 6) is -1.25. The van der Waals surface area contributed by atoms with E-state index in [4.69, 9.17) is 11.6 Å². The minimum Gasteiger partial charge on any atom is -0.358 e. The van der Waals surface area contributed by atoms with Crippen LogP contribution in [-0.2, 0) is 4.79 Å². The molecule has 2 amide bonds. The largest absolute Gasteiger partial charge is 0.358 e. The molecule has 0 bridgehead atoms. The van der Waals surface area contributed by atoms with Crippen LogP contribution in [0.5, 0.6) is 0 Å². The van der Waals surface area contributed by atoms with Crippen LogP contribution >= 0.6 is 11.6 Å². The Morgan fingerprint density at radius 1 is 0.964 bits per heavy atom. The third-order valence-electron chi connectivity index (χ3n) is 4.87. The van der Waals surface area contributed by atoms with Gasteiger partial charge in [-0.25, -0.2) is 4.98 Å². The molecule has 8 heteroatoms. The Morgan fingerprint density at radius 3 is 2.36 bits per heavy atom. The fourth-order valence-corrected chi connectivity index (χ4v) is 3.56. The molecule has 1 aliphatic rings. The zero-order valence-electron chi connectivity index (χ0n) is 14.9. The highest BCUT2D eigenvalue weighted by Gasteiger charge is 2.30. The van der Waals surface area contributed by atoms with Gasteiger partial charge in [0.1, 0.15) is 0 Å². The molecule has 3 heterocycles. The molecule has 142 valence electrons. The van der Waals surface area contributed by atoms with Crippen LogP contribution in [0.2, 0.25) is 5.15 Å². The van der Waals surface area contributed by atoms with Gasteiger partial charge in [-0.05, 0) is 18.2 Å². The number of hydrogen-bond acceptors (Lipinski definition) is 4. The molecule has 1 aromatic carbocycles. The Bertz CT molecular complexity index is 1060. The van der Waals surface area contributed by atoms with Gasteiger partial charge in [0.2, 0.25) is 0 Å². The average Bonchev–Trinajstić information content (AvgIpc) is 3.18. The molecule has 1 N–H and O–H groups in total. The predicted octanol–water partition coefficient (Wildman–Crippen LogP) is 2.38. The number of nitrogens with one attached hydrogen (secondary N) is 1.